The normalized spacial score (nSPS) is 22.0. The summed E-state index contributed by atoms with van der Waals surface area (Å²) in [5.74, 6) is -3.27. The Balaban J connectivity index is 2.70. The number of carboxylic acids is 2. The monoisotopic (exact) mass is 257 g/mol. The molecule has 6 heteroatoms. The largest absolute Gasteiger partial charge is 0.481 e. The molecule has 1 atom stereocenters. The highest BCUT2D eigenvalue weighted by Crippen LogP contribution is 2.68. The second kappa shape index (κ2) is 4.26. The Labute approximate surface area is 105 Å². The second-order valence-electron chi connectivity index (χ2n) is 5.87. The number of carbonyl (C=O) groups excluding carboxylic acids is 1. The van der Waals surface area contributed by atoms with Crippen molar-refractivity contribution >= 4 is 17.8 Å². The molecule has 0 saturated heterocycles. The third kappa shape index (κ3) is 2.32. The van der Waals surface area contributed by atoms with Crippen LogP contribution in [0.2, 0.25) is 0 Å². The fourth-order valence-corrected chi connectivity index (χ4v) is 2.48. The summed E-state index contributed by atoms with van der Waals surface area (Å²) in [6.07, 6.45) is -0.616. The lowest BCUT2D eigenvalue weighted by molar-refractivity contribution is -0.147. The van der Waals surface area contributed by atoms with E-state index in [1.54, 1.807) is 0 Å². The summed E-state index contributed by atoms with van der Waals surface area (Å²) in [6, 6.07) is -1.37. The average molecular weight is 257 g/mol. The molecule has 102 valence electrons. The maximum atomic E-state index is 12.0. The van der Waals surface area contributed by atoms with Crippen molar-refractivity contribution in [2.24, 2.45) is 16.7 Å². The summed E-state index contributed by atoms with van der Waals surface area (Å²) < 4.78 is 0. The van der Waals surface area contributed by atoms with Gasteiger partial charge in [-0.3, -0.25) is 9.59 Å². The summed E-state index contributed by atoms with van der Waals surface area (Å²) >= 11 is 0. The van der Waals surface area contributed by atoms with Crippen LogP contribution < -0.4 is 5.32 Å². The van der Waals surface area contributed by atoms with E-state index in [1.807, 2.05) is 27.7 Å². The van der Waals surface area contributed by atoms with Crippen LogP contribution in [0.1, 0.15) is 34.1 Å². The van der Waals surface area contributed by atoms with E-state index < -0.39 is 30.3 Å². The summed E-state index contributed by atoms with van der Waals surface area (Å²) in [5, 5.41) is 19.7. The van der Waals surface area contributed by atoms with E-state index >= 15 is 0 Å². The van der Waals surface area contributed by atoms with Crippen LogP contribution in [0.3, 0.4) is 0 Å². The van der Waals surface area contributed by atoms with Crippen LogP contribution in [-0.4, -0.2) is 34.1 Å². The molecule has 3 N–H and O–H groups in total. The molecule has 0 aromatic heterocycles. The maximum absolute atomic E-state index is 12.0. The molecular weight excluding hydrogens is 238 g/mol. The fourth-order valence-electron chi connectivity index (χ4n) is 2.48. The van der Waals surface area contributed by atoms with Gasteiger partial charge in [0.25, 0.3) is 0 Å². The van der Waals surface area contributed by atoms with Crippen molar-refractivity contribution in [2.45, 2.75) is 40.2 Å². The standard InChI is InChI=1S/C12H19NO5/c1-11(2)8(12(11,3)4)9(16)13-6(10(17)18)5-7(14)15/h6,8H,5H2,1-4H3,(H,13,16)(H,14,15)(H,17,18)/t6-/m1/s1. The molecule has 0 radical (unpaired) electrons. The number of rotatable bonds is 5. The average Bonchev–Trinajstić information content (AvgIpc) is 2.54. The lowest BCUT2D eigenvalue weighted by atomic mass is 10.0. The van der Waals surface area contributed by atoms with Crippen LogP contribution in [0, 0.1) is 16.7 Å². The number of hydrogen-bond donors (Lipinski definition) is 3. The molecule has 0 aromatic carbocycles. The Morgan fingerprint density at radius 3 is 1.83 bits per heavy atom. The predicted octanol–water partition coefficient (Wildman–Crippen LogP) is 0.713. The summed E-state index contributed by atoms with van der Waals surface area (Å²) in [5.41, 5.74) is -0.410. The first-order chi connectivity index (χ1) is 8.01. The summed E-state index contributed by atoms with van der Waals surface area (Å²) in [4.78, 5) is 33.3. The molecule has 0 bridgehead atoms. The van der Waals surface area contributed by atoms with Gasteiger partial charge in [-0.15, -0.1) is 0 Å². The molecule has 6 nitrogen and oxygen atoms in total. The van der Waals surface area contributed by atoms with Gasteiger partial charge < -0.3 is 15.5 Å². The molecule has 18 heavy (non-hydrogen) atoms. The number of carbonyl (C=O) groups is 3. The van der Waals surface area contributed by atoms with Crippen molar-refractivity contribution in [3.63, 3.8) is 0 Å². The molecule has 1 rings (SSSR count). The first kappa shape index (κ1) is 14.5. The third-order valence-electron chi connectivity index (χ3n) is 4.28. The van der Waals surface area contributed by atoms with Crippen molar-refractivity contribution in [3.05, 3.63) is 0 Å². The minimum Gasteiger partial charge on any atom is -0.481 e. The van der Waals surface area contributed by atoms with Gasteiger partial charge in [0.05, 0.1) is 6.42 Å². The van der Waals surface area contributed by atoms with Gasteiger partial charge in [-0.2, -0.15) is 0 Å². The van der Waals surface area contributed by atoms with Crippen LogP contribution in [0.25, 0.3) is 0 Å². The van der Waals surface area contributed by atoms with Gasteiger partial charge in [-0.1, -0.05) is 27.7 Å². The van der Waals surface area contributed by atoms with Crippen LogP contribution in [0.4, 0.5) is 0 Å². The Morgan fingerprint density at radius 1 is 1.11 bits per heavy atom. The van der Waals surface area contributed by atoms with Crippen molar-refractivity contribution < 1.29 is 24.6 Å². The molecule has 0 spiro atoms. The molecule has 1 amide bonds. The molecule has 1 fully saturated rings. The van der Waals surface area contributed by atoms with Gasteiger partial charge in [-0.25, -0.2) is 4.79 Å². The van der Waals surface area contributed by atoms with Crippen LogP contribution in [-0.2, 0) is 14.4 Å². The molecule has 0 heterocycles. The molecular formula is C12H19NO5. The summed E-state index contributed by atoms with van der Waals surface area (Å²) in [6.45, 7) is 7.74. The predicted molar refractivity (Wildman–Crippen MR) is 62.9 cm³/mol. The fraction of sp³-hybridized carbons (Fsp3) is 0.750. The molecule has 1 saturated carbocycles. The van der Waals surface area contributed by atoms with Gasteiger partial charge in [-0.05, 0) is 10.8 Å². The SMILES string of the molecule is CC1(C)C(C(=O)N[C@H](CC(=O)O)C(=O)O)C1(C)C. The van der Waals surface area contributed by atoms with Gasteiger partial charge >= 0.3 is 11.9 Å². The van der Waals surface area contributed by atoms with E-state index in [0.717, 1.165) is 0 Å². The smallest absolute Gasteiger partial charge is 0.326 e. The van der Waals surface area contributed by atoms with Gasteiger partial charge in [0.1, 0.15) is 6.04 Å². The molecule has 1 aliphatic carbocycles. The van der Waals surface area contributed by atoms with Crippen molar-refractivity contribution in [1.29, 1.82) is 0 Å². The van der Waals surface area contributed by atoms with E-state index in [-0.39, 0.29) is 16.7 Å². The molecule has 1 aliphatic rings. The highest BCUT2D eigenvalue weighted by Gasteiger charge is 2.68. The van der Waals surface area contributed by atoms with E-state index in [4.69, 9.17) is 10.2 Å². The van der Waals surface area contributed by atoms with E-state index in [2.05, 4.69) is 5.32 Å². The summed E-state index contributed by atoms with van der Waals surface area (Å²) in [7, 11) is 0. The second-order valence-corrected chi connectivity index (χ2v) is 5.87. The quantitative estimate of drug-likeness (QED) is 0.673. The lowest BCUT2D eigenvalue weighted by Crippen LogP contribution is -2.43. The van der Waals surface area contributed by atoms with Crippen LogP contribution in [0.15, 0.2) is 0 Å². The Kier molecular flexibility index (Phi) is 3.42. The number of aliphatic carboxylic acids is 2. The minimum atomic E-state index is -1.37. The molecule has 0 aromatic rings. The van der Waals surface area contributed by atoms with Crippen molar-refractivity contribution in [1.82, 2.24) is 5.32 Å². The zero-order valence-corrected chi connectivity index (χ0v) is 11.0. The van der Waals surface area contributed by atoms with Crippen LogP contribution >= 0.6 is 0 Å². The highest BCUT2D eigenvalue weighted by atomic mass is 16.4. The van der Waals surface area contributed by atoms with E-state index in [1.165, 1.54) is 0 Å². The number of carboxylic acid groups (broad SMARTS) is 2. The Bertz CT molecular complexity index is 385. The van der Waals surface area contributed by atoms with Crippen LogP contribution in [0.5, 0.6) is 0 Å². The Hall–Kier alpha value is -1.59. The zero-order valence-electron chi connectivity index (χ0n) is 11.0. The van der Waals surface area contributed by atoms with Crippen molar-refractivity contribution in [3.8, 4) is 0 Å². The molecule has 0 unspecified atom stereocenters. The van der Waals surface area contributed by atoms with Crippen molar-refractivity contribution in [2.75, 3.05) is 0 Å². The topological polar surface area (TPSA) is 104 Å². The Morgan fingerprint density at radius 2 is 1.56 bits per heavy atom. The van der Waals surface area contributed by atoms with Gasteiger partial charge in [0.2, 0.25) is 5.91 Å². The van der Waals surface area contributed by atoms with Gasteiger partial charge in [0, 0.05) is 5.92 Å². The number of hydrogen-bond acceptors (Lipinski definition) is 3. The lowest BCUT2D eigenvalue weighted by Gasteiger charge is -2.13. The zero-order chi connectivity index (χ0) is 14.3. The van der Waals surface area contributed by atoms with Gasteiger partial charge in [0.15, 0.2) is 0 Å². The third-order valence-corrected chi connectivity index (χ3v) is 4.28. The maximum Gasteiger partial charge on any atom is 0.326 e. The minimum absolute atomic E-state index is 0.205. The first-order valence-electron chi connectivity index (χ1n) is 5.76. The van der Waals surface area contributed by atoms with E-state index in [0.29, 0.717) is 0 Å². The number of nitrogens with one attached hydrogen (secondary N) is 1. The first-order valence-corrected chi connectivity index (χ1v) is 5.76. The number of amides is 1. The van der Waals surface area contributed by atoms with E-state index in [9.17, 15) is 14.4 Å². The molecule has 0 aliphatic heterocycles. The highest BCUT2D eigenvalue weighted by molar-refractivity contribution is 5.90.